The van der Waals surface area contributed by atoms with Crippen molar-refractivity contribution in [3.63, 3.8) is 0 Å². The second-order valence-corrected chi connectivity index (χ2v) is 4.77. The molecule has 1 aromatic heterocycles. The normalized spacial score (nSPS) is 15.4. The third kappa shape index (κ3) is 2.64. The van der Waals surface area contributed by atoms with Crippen molar-refractivity contribution >= 4 is 17.3 Å². The molecule has 1 aromatic carbocycles. The first-order chi connectivity index (χ1) is 9.72. The molecule has 0 spiro atoms. The van der Waals surface area contributed by atoms with Crippen LogP contribution in [-0.4, -0.2) is 36.1 Å². The average Bonchev–Trinajstić information content (AvgIpc) is 2.48. The van der Waals surface area contributed by atoms with Crippen molar-refractivity contribution in [2.75, 3.05) is 41.7 Å². The first-order valence-electron chi connectivity index (χ1n) is 6.55. The topological polar surface area (TPSA) is 58.3 Å². The van der Waals surface area contributed by atoms with E-state index in [4.69, 9.17) is 5.73 Å². The minimum atomic E-state index is -0.410. The van der Waals surface area contributed by atoms with Gasteiger partial charge in [0.25, 0.3) is 0 Å². The summed E-state index contributed by atoms with van der Waals surface area (Å²) >= 11 is 0. The number of piperazine rings is 1. The zero-order chi connectivity index (χ0) is 13.9. The van der Waals surface area contributed by atoms with Gasteiger partial charge in [0.15, 0.2) is 5.82 Å². The number of hydrogen-bond acceptors (Lipinski definition) is 5. The summed E-state index contributed by atoms with van der Waals surface area (Å²) in [5, 5.41) is 0. The fourth-order valence-electron chi connectivity index (χ4n) is 2.35. The van der Waals surface area contributed by atoms with Crippen molar-refractivity contribution in [3.05, 3.63) is 42.5 Å². The number of nitrogen functional groups attached to an aromatic ring is 1. The van der Waals surface area contributed by atoms with E-state index in [1.807, 2.05) is 18.2 Å². The lowest BCUT2D eigenvalue weighted by Crippen LogP contribution is -2.47. The molecule has 1 saturated heterocycles. The average molecular weight is 273 g/mol. The van der Waals surface area contributed by atoms with Gasteiger partial charge in [0.05, 0.1) is 12.4 Å². The summed E-state index contributed by atoms with van der Waals surface area (Å²) in [7, 11) is 0. The van der Waals surface area contributed by atoms with Crippen molar-refractivity contribution in [1.82, 2.24) is 9.97 Å². The molecule has 3 rings (SSSR count). The van der Waals surface area contributed by atoms with Crippen LogP contribution in [0, 0.1) is 5.82 Å². The number of benzene rings is 1. The monoisotopic (exact) mass is 273 g/mol. The molecule has 2 aromatic rings. The Bertz CT molecular complexity index is 578. The molecule has 6 heteroatoms. The maximum Gasteiger partial charge on any atom is 0.225 e. The lowest BCUT2D eigenvalue weighted by molar-refractivity contribution is 0.602. The van der Waals surface area contributed by atoms with Crippen LogP contribution in [0.25, 0.3) is 0 Å². The van der Waals surface area contributed by atoms with E-state index in [1.165, 1.54) is 12.4 Å². The van der Waals surface area contributed by atoms with Crippen LogP contribution in [0.15, 0.2) is 36.7 Å². The maximum atomic E-state index is 12.8. The van der Waals surface area contributed by atoms with Crippen molar-refractivity contribution in [3.8, 4) is 0 Å². The molecular weight excluding hydrogens is 257 g/mol. The van der Waals surface area contributed by atoms with Gasteiger partial charge in [-0.05, 0) is 18.2 Å². The van der Waals surface area contributed by atoms with Crippen LogP contribution in [0.1, 0.15) is 0 Å². The van der Waals surface area contributed by atoms with Gasteiger partial charge in [0.1, 0.15) is 0 Å². The molecule has 0 atom stereocenters. The highest BCUT2D eigenvalue weighted by Gasteiger charge is 2.19. The van der Waals surface area contributed by atoms with Crippen LogP contribution in [0.4, 0.5) is 21.7 Å². The van der Waals surface area contributed by atoms with E-state index in [9.17, 15) is 4.39 Å². The highest BCUT2D eigenvalue weighted by Crippen LogP contribution is 2.20. The highest BCUT2D eigenvalue weighted by atomic mass is 19.1. The molecule has 2 heterocycles. The number of nitrogens with two attached hydrogens (primary N) is 1. The van der Waals surface area contributed by atoms with E-state index in [1.54, 1.807) is 0 Å². The van der Waals surface area contributed by atoms with Crippen LogP contribution in [0.5, 0.6) is 0 Å². The van der Waals surface area contributed by atoms with Crippen molar-refractivity contribution in [2.45, 2.75) is 0 Å². The van der Waals surface area contributed by atoms with Crippen LogP contribution in [0.3, 0.4) is 0 Å². The van der Waals surface area contributed by atoms with Gasteiger partial charge in [0, 0.05) is 37.6 Å². The van der Waals surface area contributed by atoms with Gasteiger partial charge < -0.3 is 15.5 Å². The zero-order valence-electron chi connectivity index (χ0n) is 11.0. The fourth-order valence-corrected chi connectivity index (χ4v) is 2.35. The van der Waals surface area contributed by atoms with E-state index < -0.39 is 5.82 Å². The van der Waals surface area contributed by atoms with Crippen molar-refractivity contribution < 1.29 is 4.39 Å². The Labute approximate surface area is 116 Å². The van der Waals surface area contributed by atoms with E-state index >= 15 is 0 Å². The van der Waals surface area contributed by atoms with Gasteiger partial charge >= 0.3 is 0 Å². The zero-order valence-corrected chi connectivity index (χ0v) is 11.0. The molecule has 0 aliphatic carbocycles. The lowest BCUT2D eigenvalue weighted by Gasteiger charge is -2.36. The second-order valence-electron chi connectivity index (χ2n) is 4.77. The fraction of sp³-hybridized carbons (Fsp3) is 0.286. The first kappa shape index (κ1) is 12.7. The summed E-state index contributed by atoms with van der Waals surface area (Å²) < 4.78 is 12.8. The maximum absolute atomic E-state index is 12.8. The Balaban J connectivity index is 1.66. The smallest absolute Gasteiger partial charge is 0.225 e. The molecule has 1 aliphatic heterocycles. The van der Waals surface area contributed by atoms with E-state index in [0.29, 0.717) is 5.95 Å². The van der Waals surface area contributed by atoms with Gasteiger partial charge in [0.2, 0.25) is 5.95 Å². The van der Waals surface area contributed by atoms with Gasteiger partial charge in [-0.3, -0.25) is 0 Å². The number of nitrogens with zero attached hydrogens (tertiary/aromatic N) is 4. The summed E-state index contributed by atoms with van der Waals surface area (Å²) in [5.74, 6) is 0.172. The quantitative estimate of drug-likeness (QED) is 0.841. The number of aromatic nitrogens is 2. The molecule has 1 aliphatic rings. The number of halogens is 1. The predicted octanol–water partition coefficient (Wildman–Crippen LogP) is 1.52. The lowest BCUT2D eigenvalue weighted by atomic mass is 10.2. The summed E-state index contributed by atoms with van der Waals surface area (Å²) in [6, 6.07) is 7.87. The van der Waals surface area contributed by atoms with Gasteiger partial charge in [-0.15, -0.1) is 0 Å². The molecule has 104 valence electrons. The predicted molar refractivity (Wildman–Crippen MR) is 77.3 cm³/mol. The van der Waals surface area contributed by atoms with Crippen molar-refractivity contribution in [2.24, 2.45) is 0 Å². The van der Waals surface area contributed by atoms with Gasteiger partial charge in [-0.2, -0.15) is 0 Å². The third-order valence-electron chi connectivity index (χ3n) is 3.40. The van der Waals surface area contributed by atoms with E-state index in [-0.39, 0.29) is 0 Å². The Morgan fingerprint density at radius 2 is 1.65 bits per heavy atom. The molecule has 20 heavy (non-hydrogen) atoms. The molecule has 1 fully saturated rings. The summed E-state index contributed by atoms with van der Waals surface area (Å²) in [4.78, 5) is 12.4. The summed E-state index contributed by atoms with van der Waals surface area (Å²) in [6.07, 6.45) is 2.40. The summed E-state index contributed by atoms with van der Waals surface area (Å²) in [5.41, 5.74) is 7.70. The summed E-state index contributed by atoms with van der Waals surface area (Å²) in [6.45, 7) is 3.34. The number of hydrogen-bond donors (Lipinski definition) is 1. The molecule has 0 saturated carbocycles. The SMILES string of the molecule is Nc1cccc(N2CCN(c3ncc(F)cn3)CC2)c1. The van der Waals surface area contributed by atoms with E-state index in [2.05, 4.69) is 25.8 Å². The van der Waals surface area contributed by atoms with Crippen LogP contribution < -0.4 is 15.5 Å². The molecular formula is C14H16FN5. The second kappa shape index (κ2) is 5.32. The molecule has 5 nitrogen and oxygen atoms in total. The van der Waals surface area contributed by atoms with Gasteiger partial charge in [-0.25, -0.2) is 14.4 Å². The van der Waals surface area contributed by atoms with Crippen LogP contribution >= 0.6 is 0 Å². The third-order valence-corrected chi connectivity index (χ3v) is 3.40. The van der Waals surface area contributed by atoms with Crippen LogP contribution in [-0.2, 0) is 0 Å². The number of rotatable bonds is 2. The minimum absolute atomic E-state index is 0.410. The standard InChI is InChI=1S/C14H16FN5/c15-11-9-17-14(18-10-11)20-6-4-19(5-7-20)13-3-1-2-12(16)8-13/h1-3,8-10H,4-7,16H2. The Morgan fingerprint density at radius 1 is 1.00 bits per heavy atom. The molecule has 0 radical (unpaired) electrons. The first-order valence-corrected chi connectivity index (χ1v) is 6.55. The largest absolute Gasteiger partial charge is 0.399 e. The molecule has 0 unspecified atom stereocenters. The molecule has 2 N–H and O–H groups in total. The van der Waals surface area contributed by atoms with Gasteiger partial charge in [-0.1, -0.05) is 6.07 Å². The van der Waals surface area contributed by atoms with E-state index in [0.717, 1.165) is 37.6 Å². The molecule has 0 amide bonds. The molecule has 0 bridgehead atoms. The Kier molecular flexibility index (Phi) is 3.37. The minimum Gasteiger partial charge on any atom is -0.399 e. The Hall–Kier alpha value is -2.37. The number of anilines is 3. The van der Waals surface area contributed by atoms with Crippen LogP contribution in [0.2, 0.25) is 0 Å². The van der Waals surface area contributed by atoms with Crippen molar-refractivity contribution in [1.29, 1.82) is 0 Å². The Morgan fingerprint density at radius 3 is 2.30 bits per heavy atom. The highest BCUT2D eigenvalue weighted by molar-refractivity contribution is 5.56.